The van der Waals surface area contributed by atoms with Crippen molar-refractivity contribution in [2.75, 3.05) is 5.32 Å². The zero-order valence-corrected chi connectivity index (χ0v) is 17.8. The van der Waals surface area contributed by atoms with Gasteiger partial charge in [-0.25, -0.2) is 14.6 Å². The van der Waals surface area contributed by atoms with Crippen LogP contribution in [0.5, 0.6) is 0 Å². The fourth-order valence-corrected chi connectivity index (χ4v) is 4.03. The van der Waals surface area contributed by atoms with Gasteiger partial charge in [0.1, 0.15) is 5.82 Å². The lowest BCUT2D eigenvalue weighted by molar-refractivity contribution is -0.115. The Morgan fingerprint density at radius 1 is 1.25 bits per heavy atom. The topological polar surface area (TPSA) is 72.7 Å². The van der Waals surface area contributed by atoms with E-state index in [-0.39, 0.29) is 12.3 Å². The summed E-state index contributed by atoms with van der Waals surface area (Å²) < 4.78 is 1.91. The molecule has 0 aliphatic heterocycles. The summed E-state index contributed by atoms with van der Waals surface area (Å²) in [5.41, 5.74) is 5.32. The summed E-state index contributed by atoms with van der Waals surface area (Å²) in [5.74, 6) is 0.444. The average Bonchev–Trinajstić information content (AvgIpc) is 3.20. The summed E-state index contributed by atoms with van der Waals surface area (Å²) in [5, 5.41) is 10.2. The van der Waals surface area contributed by atoms with Crippen molar-refractivity contribution >= 4 is 23.1 Å². The van der Waals surface area contributed by atoms with E-state index in [0.717, 1.165) is 34.2 Å². The van der Waals surface area contributed by atoms with Crippen LogP contribution in [0.2, 0.25) is 0 Å². The molecule has 3 heterocycles. The Labute approximate surface area is 170 Å². The minimum atomic E-state index is -0.122. The molecule has 0 aliphatic rings. The molecule has 0 saturated carbocycles. The van der Waals surface area contributed by atoms with Gasteiger partial charge in [0.25, 0.3) is 0 Å². The Kier molecular flexibility index (Phi) is 6.57. The van der Waals surface area contributed by atoms with E-state index in [1.807, 2.05) is 29.1 Å². The highest BCUT2D eigenvalue weighted by atomic mass is 32.1. The molecule has 0 unspecified atom stereocenters. The fourth-order valence-electron chi connectivity index (χ4n) is 3.21. The minimum Gasteiger partial charge on any atom is -0.310 e. The summed E-state index contributed by atoms with van der Waals surface area (Å²) >= 11 is 1.51. The predicted molar refractivity (Wildman–Crippen MR) is 113 cm³/mol. The van der Waals surface area contributed by atoms with Gasteiger partial charge in [0, 0.05) is 17.3 Å². The lowest BCUT2D eigenvalue weighted by Gasteiger charge is -2.04. The third-order valence-corrected chi connectivity index (χ3v) is 5.58. The van der Waals surface area contributed by atoms with E-state index in [2.05, 4.69) is 41.2 Å². The molecule has 0 atom stereocenters. The SMILES string of the molecule is CCCCCc1c(C)nn(-c2nc(CC(=O)Nc3cc(C)ccn3)cs2)c1C. The maximum atomic E-state index is 12.3. The van der Waals surface area contributed by atoms with Gasteiger partial charge >= 0.3 is 0 Å². The van der Waals surface area contributed by atoms with Crippen molar-refractivity contribution in [1.29, 1.82) is 0 Å². The van der Waals surface area contributed by atoms with E-state index in [1.165, 1.54) is 36.2 Å². The van der Waals surface area contributed by atoms with Gasteiger partial charge in [0.15, 0.2) is 0 Å². The summed E-state index contributed by atoms with van der Waals surface area (Å²) in [4.78, 5) is 21.1. The van der Waals surface area contributed by atoms with Gasteiger partial charge < -0.3 is 5.32 Å². The number of carbonyl (C=O) groups is 1. The van der Waals surface area contributed by atoms with Crippen LogP contribution < -0.4 is 5.32 Å². The molecule has 0 aromatic carbocycles. The van der Waals surface area contributed by atoms with Crippen molar-refractivity contribution in [1.82, 2.24) is 19.7 Å². The number of aryl methyl sites for hydroxylation is 2. The minimum absolute atomic E-state index is 0.122. The molecule has 0 spiro atoms. The first-order chi connectivity index (χ1) is 13.5. The Bertz CT molecular complexity index is 960. The molecule has 6 nitrogen and oxygen atoms in total. The van der Waals surface area contributed by atoms with E-state index in [9.17, 15) is 4.79 Å². The van der Waals surface area contributed by atoms with E-state index < -0.39 is 0 Å². The van der Waals surface area contributed by atoms with Gasteiger partial charge in [-0.1, -0.05) is 19.8 Å². The number of hydrogen-bond donors (Lipinski definition) is 1. The molecule has 3 rings (SSSR count). The summed E-state index contributed by atoms with van der Waals surface area (Å²) in [6.07, 6.45) is 6.58. The van der Waals surface area contributed by atoms with Crippen LogP contribution in [0.15, 0.2) is 23.7 Å². The van der Waals surface area contributed by atoms with E-state index in [1.54, 1.807) is 6.20 Å². The molecule has 1 N–H and O–H groups in total. The second-order valence-electron chi connectivity index (χ2n) is 7.08. The van der Waals surface area contributed by atoms with Gasteiger partial charge in [-0.15, -0.1) is 11.3 Å². The number of hydrogen-bond acceptors (Lipinski definition) is 5. The van der Waals surface area contributed by atoms with Crippen LogP contribution in [-0.4, -0.2) is 25.7 Å². The molecule has 0 bridgehead atoms. The first-order valence-corrected chi connectivity index (χ1v) is 10.6. The lowest BCUT2D eigenvalue weighted by atomic mass is 10.1. The number of unbranched alkanes of at least 4 members (excludes halogenated alkanes) is 2. The maximum absolute atomic E-state index is 12.3. The Morgan fingerprint density at radius 3 is 2.82 bits per heavy atom. The standard InChI is InChI=1S/C21H27N5OS/c1-5-6-7-8-18-15(3)25-26(16(18)4)21-23-17(13-28-21)12-20(27)24-19-11-14(2)9-10-22-19/h9-11,13H,5-8,12H2,1-4H3,(H,22,24,27). The van der Waals surface area contributed by atoms with Crippen LogP contribution in [0, 0.1) is 20.8 Å². The highest BCUT2D eigenvalue weighted by Gasteiger charge is 2.16. The number of pyridine rings is 1. The van der Waals surface area contributed by atoms with E-state index in [4.69, 9.17) is 0 Å². The first-order valence-electron chi connectivity index (χ1n) is 9.70. The summed E-state index contributed by atoms with van der Waals surface area (Å²) in [7, 11) is 0. The molecule has 7 heteroatoms. The molecule has 0 saturated heterocycles. The molecule has 3 aromatic rings. The second-order valence-corrected chi connectivity index (χ2v) is 7.92. The monoisotopic (exact) mass is 397 g/mol. The number of rotatable bonds is 8. The van der Waals surface area contributed by atoms with Gasteiger partial charge in [-0.2, -0.15) is 5.10 Å². The van der Waals surface area contributed by atoms with Crippen molar-refractivity contribution < 1.29 is 4.79 Å². The third kappa shape index (κ3) is 4.84. The zero-order valence-electron chi connectivity index (χ0n) is 17.0. The third-order valence-electron chi connectivity index (χ3n) is 4.72. The van der Waals surface area contributed by atoms with Gasteiger partial charge in [0.2, 0.25) is 11.0 Å². The van der Waals surface area contributed by atoms with Crippen molar-refractivity contribution in [3.63, 3.8) is 0 Å². The highest BCUT2D eigenvalue weighted by molar-refractivity contribution is 7.12. The Hall–Kier alpha value is -2.54. The molecular formula is C21H27N5OS. The first kappa shape index (κ1) is 20.2. The molecule has 0 fully saturated rings. The van der Waals surface area contributed by atoms with Gasteiger partial charge in [-0.3, -0.25) is 4.79 Å². The van der Waals surface area contributed by atoms with Crippen molar-refractivity contribution in [3.8, 4) is 5.13 Å². The molecule has 0 radical (unpaired) electrons. The molecule has 0 aliphatic carbocycles. The number of nitrogens with one attached hydrogen (secondary N) is 1. The van der Waals surface area contributed by atoms with Crippen LogP contribution in [-0.2, 0) is 17.6 Å². The van der Waals surface area contributed by atoms with Crippen molar-refractivity contribution in [2.45, 2.75) is 59.8 Å². The van der Waals surface area contributed by atoms with Crippen LogP contribution in [0.1, 0.15) is 54.4 Å². The normalized spacial score (nSPS) is 11.0. The maximum Gasteiger partial charge on any atom is 0.231 e. The largest absolute Gasteiger partial charge is 0.310 e. The van der Waals surface area contributed by atoms with Crippen molar-refractivity contribution in [3.05, 3.63) is 51.9 Å². The number of amides is 1. The number of thiazole rings is 1. The predicted octanol–water partition coefficient (Wildman–Crippen LogP) is 4.56. The smallest absolute Gasteiger partial charge is 0.231 e. The van der Waals surface area contributed by atoms with Gasteiger partial charge in [-0.05, 0) is 56.9 Å². The van der Waals surface area contributed by atoms with Crippen molar-refractivity contribution in [2.24, 2.45) is 0 Å². The summed E-state index contributed by atoms with van der Waals surface area (Å²) in [6.45, 7) is 8.33. The van der Waals surface area contributed by atoms with Gasteiger partial charge in [0.05, 0.1) is 17.8 Å². The fraction of sp³-hybridized carbons (Fsp3) is 0.429. The lowest BCUT2D eigenvalue weighted by Crippen LogP contribution is -2.15. The Morgan fingerprint density at radius 2 is 2.07 bits per heavy atom. The molecule has 28 heavy (non-hydrogen) atoms. The number of nitrogens with zero attached hydrogens (tertiary/aromatic N) is 4. The van der Waals surface area contributed by atoms with Crippen LogP contribution in [0.25, 0.3) is 5.13 Å². The second kappa shape index (κ2) is 9.10. The number of anilines is 1. The van der Waals surface area contributed by atoms with E-state index in [0.29, 0.717) is 5.82 Å². The molecule has 1 amide bonds. The number of carbonyl (C=O) groups excluding carboxylic acids is 1. The van der Waals surface area contributed by atoms with E-state index >= 15 is 0 Å². The zero-order chi connectivity index (χ0) is 20.1. The van der Waals surface area contributed by atoms with Crippen LogP contribution in [0.3, 0.4) is 0 Å². The van der Waals surface area contributed by atoms with Crippen LogP contribution in [0.4, 0.5) is 5.82 Å². The molecule has 3 aromatic heterocycles. The number of aromatic nitrogens is 4. The highest BCUT2D eigenvalue weighted by Crippen LogP contribution is 2.22. The average molecular weight is 398 g/mol. The summed E-state index contributed by atoms with van der Waals surface area (Å²) in [6, 6.07) is 3.74. The quantitative estimate of drug-likeness (QED) is 0.566. The molecular weight excluding hydrogens is 370 g/mol. The molecule has 148 valence electrons. The Balaban J connectivity index is 1.68. The van der Waals surface area contributed by atoms with Crippen LogP contribution >= 0.6 is 11.3 Å².